The van der Waals surface area contributed by atoms with E-state index in [4.69, 9.17) is 10.5 Å². The SMILES string of the molecule is CC(C)c1ccc(OC(F)F)cc1O[C@H]1CCCN(C(=O)c2cc3c(cc2F)N=C(N)N2CC(F)(F)C[C@@H]32)C1. The first-order valence-electron chi connectivity index (χ1n) is 12.8. The van der Waals surface area contributed by atoms with Gasteiger partial charge in [0.25, 0.3) is 11.8 Å². The van der Waals surface area contributed by atoms with Gasteiger partial charge in [-0.3, -0.25) is 4.79 Å². The summed E-state index contributed by atoms with van der Waals surface area (Å²) in [5.41, 5.74) is 6.86. The zero-order valence-corrected chi connectivity index (χ0v) is 21.5. The molecule has 5 rings (SSSR count). The van der Waals surface area contributed by atoms with Crippen molar-refractivity contribution in [3.63, 3.8) is 0 Å². The number of ether oxygens (including phenoxy) is 2. The molecule has 2 saturated heterocycles. The van der Waals surface area contributed by atoms with Crippen molar-refractivity contribution in [3.8, 4) is 11.5 Å². The van der Waals surface area contributed by atoms with Gasteiger partial charge in [0.05, 0.1) is 30.4 Å². The highest BCUT2D eigenvalue weighted by Gasteiger charge is 2.49. The van der Waals surface area contributed by atoms with E-state index in [1.807, 2.05) is 13.8 Å². The number of hydrogen-bond donors (Lipinski definition) is 1. The van der Waals surface area contributed by atoms with Gasteiger partial charge in [-0.05, 0) is 36.5 Å². The number of hydrogen-bond acceptors (Lipinski definition) is 6. The summed E-state index contributed by atoms with van der Waals surface area (Å²) in [7, 11) is 0. The van der Waals surface area contributed by atoms with E-state index in [2.05, 4.69) is 9.73 Å². The van der Waals surface area contributed by atoms with Crippen molar-refractivity contribution in [2.24, 2.45) is 10.7 Å². The number of aliphatic imine (C=N–C) groups is 1. The number of guanidine groups is 1. The standard InChI is InChI=1S/C27H29F5N4O3/c1-14(2)17-6-5-15(39-25(29)30)8-23(17)38-16-4-3-7-35(12-16)24(37)18-9-19-21(10-20(18)28)34-26(33)36-13-27(31,32)11-22(19)36/h5-6,8-10,14,16,22,25H,3-4,7,11-13H2,1-2H3,(H2,33,34)/t16-,22-/m0/s1. The second-order valence-electron chi connectivity index (χ2n) is 10.4. The second-order valence-corrected chi connectivity index (χ2v) is 10.4. The summed E-state index contributed by atoms with van der Waals surface area (Å²) in [6.07, 6.45) is 0.169. The van der Waals surface area contributed by atoms with Gasteiger partial charge >= 0.3 is 6.61 Å². The van der Waals surface area contributed by atoms with Crippen LogP contribution in [0.15, 0.2) is 35.3 Å². The zero-order chi connectivity index (χ0) is 28.1. The number of rotatable bonds is 6. The third-order valence-electron chi connectivity index (χ3n) is 7.30. The predicted octanol–water partition coefficient (Wildman–Crippen LogP) is 5.58. The first kappa shape index (κ1) is 27.0. The summed E-state index contributed by atoms with van der Waals surface area (Å²) < 4.78 is 79.6. The largest absolute Gasteiger partial charge is 0.488 e. The van der Waals surface area contributed by atoms with Crippen LogP contribution in [-0.2, 0) is 0 Å². The van der Waals surface area contributed by atoms with Crippen LogP contribution in [0.25, 0.3) is 0 Å². The lowest BCUT2D eigenvalue weighted by atomic mass is 9.96. The van der Waals surface area contributed by atoms with Crippen molar-refractivity contribution in [1.29, 1.82) is 0 Å². The Kier molecular flexibility index (Phi) is 7.06. The summed E-state index contributed by atoms with van der Waals surface area (Å²) in [5, 5.41) is 0. The number of fused-ring (bicyclic) bond motifs is 3. The van der Waals surface area contributed by atoms with Gasteiger partial charge in [-0.15, -0.1) is 0 Å². The van der Waals surface area contributed by atoms with Crippen molar-refractivity contribution in [1.82, 2.24) is 9.80 Å². The predicted molar refractivity (Wildman–Crippen MR) is 133 cm³/mol. The van der Waals surface area contributed by atoms with E-state index in [1.54, 1.807) is 6.07 Å². The summed E-state index contributed by atoms with van der Waals surface area (Å²) in [5.74, 6) is -4.15. The Labute approximate surface area is 222 Å². The molecule has 2 N–H and O–H groups in total. The van der Waals surface area contributed by atoms with Gasteiger partial charge in [-0.25, -0.2) is 18.2 Å². The van der Waals surface area contributed by atoms with E-state index in [0.717, 1.165) is 11.6 Å². The monoisotopic (exact) mass is 552 g/mol. The van der Waals surface area contributed by atoms with Crippen LogP contribution in [0.1, 0.15) is 66.6 Å². The van der Waals surface area contributed by atoms with Crippen molar-refractivity contribution in [3.05, 3.63) is 52.8 Å². The van der Waals surface area contributed by atoms with Crippen LogP contribution in [0.4, 0.5) is 27.6 Å². The van der Waals surface area contributed by atoms with Crippen LogP contribution >= 0.6 is 0 Å². The van der Waals surface area contributed by atoms with Gasteiger partial charge in [0.15, 0.2) is 5.96 Å². The van der Waals surface area contributed by atoms with Crippen molar-refractivity contribution in [2.75, 3.05) is 19.6 Å². The van der Waals surface area contributed by atoms with Crippen LogP contribution < -0.4 is 15.2 Å². The number of likely N-dealkylation sites (tertiary alicyclic amines) is 1. The van der Waals surface area contributed by atoms with Gasteiger partial charge in [0.1, 0.15) is 23.4 Å². The lowest BCUT2D eigenvalue weighted by Crippen LogP contribution is -2.45. The molecule has 2 aromatic rings. The number of halogens is 5. The summed E-state index contributed by atoms with van der Waals surface area (Å²) in [4.78, 5) is 20.3. The minimum atomic E-state index is -2.99. The number of piperidine rings is 1. The van der Waals surface area contributed by atoms with Crippen molar-refractivity contribution in [2.45, 2.75) is 63.7 Å². The number of alkyl halides is 4. The number of nitrogens with zero attached hydrogens (tertiary/aromatic N) is 3. The smallest absolute Gasteiger partial charge is 0.387 e. The molecule has 3 aliphatic heterocycles. The topological polar surface area (TPSA) is 80.4 Å². The number of carbonyl (C=O) groups is 1. The third-order valence-corrected chi connectivity index (χ3v) is 7.30. The summed E-state index contributed by atoms with van der Waals surface area (Å²) >= 11 is 0. The Hall–Kier alpha value is -3.57. The molecule has 3 aliphatic rings. The number of nitrogens with two attached hydrogens (primary N) is 1. The normalized spacial score (nSPS) is 22.0. The Bertz CT molecular complexity index is 1300. The Balaban J connectivity index is 1.37. The molecule has 3 heterocycles. The van der Waals surface area contributed by atoms with Gasteiger partial charge in [-0.2, -0.15) is 8.78 Å². The maximum absolute atomic E-state index is 15.1. The molecular formula is C27H29F5N4O3. The summed E-state index contributed by atoms with van der Waals surface area (Å²) in [6.45, 7) is 0.766. The van der Waals surface area contributed by atoms with Gasteiger partial charge in [0.2, 0.25) is 0 Å². The average Bonchev–Trinajstić information content (AvgIpc) is 3.19. The van der Waals surface area contributed by atoms with E-state index in [9.17, 15) is 22.4 Å². The molecule has 2 fully saturated rings. The first-order valence-corrected chi connectivity index (χ1v) is 12.8. The molecule has 7 nitrogen and oxygen atoms in total. The quantitative estimate of drug-likeness (QED) is 0.474. The van der Waals surface area contributed by atoms with E-state index in [1.165, 1.54) is 28.0 Å². The molecule has 0 spiro atoms. The molecule has 0 radical (unpaired) electrons. The molecule has 39 heavy (non-hydrogen) atoms. The van der Waals surface area contributed by atoms with E-state index in [-0.39, 0.29) is 35.4 Å². The lowest BCUT2D eigenvalue weighted by Gasteiger charge is -2.34. The fourth-order valence-electron chi connectivity index (χ4n) is 5.47. The molecule has 2 atom stereocenters. The van der Waals surface area contributed by atoms with Gasteiger partial charge < -0.3 is 25.0 Å². The lowest BCUT2D eigenvalue weighted by molar-refractivity contribution is -0.0500. The minimum Gasteiger partial charge on any atom is -0.488 e. The number of carbonyl (C=O) groups excluding carboxylic acids is 1. The highest BCUT2D eigenvalue weighted by atomic mass is 19.3. The second kappa shape index (κ2) is 10.2. The maximum atomic E-state index is 15.1. The molecule has 0 unspecified atom stereocenters. The molecule has 2 aromatic carbocycles. The number of benzene rings is 2. The van der Waals surface area contributed by atoms with E-state index in [0.29, 0.717) is 30.7 Å². The number of amides is 1. The summed E-state index contributed by atoms with van der Waals surface area (Å²) in [6, 6.07) is 6.06. The van der Waals surface area contributed by atoms with Crippen LogP contribution in [0, 0.1) is 5.82 Å². The molecule has 0 aromatic heterocycles. The molecule has 0 aliphatic carbocycles. The van der Waals surface area contributed by atoms with Crippen LogP contribution in [-0.4, -0.2) is 59.9 Å². The van der Waals surface area contributed by atoms with E-state index < -0.39 is 49.4 Å². The van der Waals surface area contributed by atoms with Gasteiger partial charge in [0, 0.05) is 30.7 Å². The molecular weight excluding hydrogens is 523 g/mol. The minimum absolute atomic E-state index is 0.0331. The third kappa shape index (κ3) is 5.46. The van der Waals surface area contributed by atoms with Gasteiger partial charge in [-0.1, -0.05) is 19.9 Å². The first-order chi connectivity index (χ1) is 18.4. The maximum Gasteiger partial charge on any atom is 0.387 e. The highest BCUT2D eigenvalue weighted by molar-refractivity contribution is 5.96. The Morgan fingerprint density at radius 2 is 1.97 bits per heavy atom. The molecule has 0 saturated carbocycles. The van der Waals surface area contributed by atoms with Crippen LogP contribution in [0.3, 0.4) is 0 Å². The molecule has 1 amide bonds. The van der Waals surface area contributed by atoms with Crippen LogP contribution in [0.5, 0.6) is 11.5 Å². The van der Waals surface area contributed by atoms with Crippen LogP contribution in [0.2, 0.25) is 0 Å². The van der Waals surface area contributed by atoms with Crippen molar-refractivity contribution < 1.29 is 36.2 Å². The fraction of sp³-hybridized carbons (Fsp3) is 0.481. The Morgan fingerprint density at radius 3 is 2.69 bits per heavy atom. The molecule has 12 heteroatoms. The molecule has 210 valence electrons. The Morgan fingerprint density at radius 1 is 1.21 bits per heavy atom. The van der Waals surface area contributed by atoms with E-state index >= 15 is 4.39 Å². The average molecular weight is 553 g/mol. The zero-order valence-electron chi connectivity index (χ0n) is 21.5. The molecule has 0 bridgehead atoms. The van der Waals surface area contributed by atoms with Crippen molar-refractivity contribution >= 4 is 17.6 Å². The highest BCUT2D eigenvalue weighted by Crippen LogP contribution is 2.47. The fourth-order valence-corrected chi connectivity index (χ4v) is 5.47.